The molecule has 2 fully saturated rings. The van der Waals surface area contributed by atoms with Crippen molar-refractivity contribution < 1.29 is 9.59 Å². The van der Waals surface area contributed by atoms with Gasteiger partial charge >= 0.3 is 0 Å². The van der Waals surface area contributed by atoms with E-state index in [4.69, 9.17) is 0 Å². The van der Waals surface area contributed by atoms with Crippen LogP contribution in [0.15, 0.2) is 0 Å². The van der Waals surface area contributed by atoms with Gasteiger partial charge in [-0.2, -0.15) is 0 Å². The van der Waals surface area contributed by atoms with E-state index in [-0.39, 0.29) is 17.9 Å². The minimum Gasteiger partial charge on any atom is -0.355 e. The van der Waals surface area contributed by atoms with Crippen molar-refractivity contribution in [3.05, 3.63) is 0 Å². The van der Waals surface area contributed by atoms with Crippen LogP contribution in [-0.4, -0.2) is 48.9 Å². The SMILES string of the molecule is O=C(NCCCN1CCCC1=O)C1CCCCN1. The van der Waals surface area contributed by atoms with Crippen LogP contribution in [0, 0.1) is 0 Å². The molecule has 1 atom stereocenters. The number of likely N-dealkylation sites (tertiary alicyclic amines) is 1. The minimum absolute atomic E-state index is 0.00725. The second kappa shape index (κ2) is 6.73. The van der Waals surface area contributed by atoms with Crippen LogP contribution in [0.3, 0.4) is 0 Å². The first-order chi connectivity index (χ1) is 8.77. The summed E-state index contributed by atoms with van der Waals surface area (Å²) < 4.78 is 0. The van der Waals surface area contributed by atoms with Gasteiger partial charge in [0.15, 0.2) is 0 Å². The fourth-order valence-corrected chi connectivity index (χ4v) is 2.62. The van der Waals surface area contributed by atoms with Crippen molar-refractivity contribution in [3.8, 4) is 0 Å². The molecule has 0 radical (unpaired) electrons. The van der Waals surface area contributed by atoms with Gasteiger partial charge in [0.25, 0.3) is 0 Å². The Hall–Kier alpha value is -1.10. The van der Waals surface area contributed by atoms with Gasteiger partial charge in [-0.25, -0.2) is 0 Å². The van der Waals surface area contributed by atoms with Gasteiger partial charge in [0.2, 0.25) is 11.8 Å². The maximum atomic E-state index is 11.8. The predicted molar refractivity (Wildman–Crippen MR) is 69.1 cm³/mol. The zero-order valence-electron chi connectivity index (χ0n) is 10.9. The average molecular weight is 253 g/mol. The normalized spacial score (nSPS) is 24.3. The first-order valence-electron chi connectivity index (χ1n) is 7.06. The molecule has 0 spiro atoms. The lowest BCUT2D eigenvalue weighted by molar-refractivity contribution is -0.127. The number of nitrogens with zero attached hydrogens (tertiary/aromatic N) is 1. The molecule has 0 aromatic carbocycles. The lowest BCUT2D eigenvalue weighted by Crippen LogP contribution is -2.47. The molecule has 5 heteroatoms. The van der Waals surface area contributed by atoms with E-state index in [0.717, 1.165) is 45.3 Å². The molecule has 5 nitrogen and oxygen atoms in total. The Balaban J connectivity index is 1.57. The zero-order chi connectivity index (χ0) is 12.8. The Morgan fingerprint density at radius 3 is 2.94 bits per heavy atom. The van der Waals surface area contributed by atoms with Crippen LogP contribution in [0.5, 0.6) is 0 Å². The van der Waals surface area contributed by atoms with Gasteiger partial charge < -0.3 is 15.5 Å². The van der Waals surface area contributed by atoms with Gasteiger partial charge in [-0.15, -0.1) is 0 Å². The Kier molecular flexibility index (Phi) is 4.99. The maximum absolute atomic E-state index is 11.8. The maximum Gasteiger partial charge on any atom is 0.237 e. The highest BCUT2D eigenvalue weighted by molar-refractivity contribution is 5.81. The van der Waals surface area contributed by atoms with Gasteiger partial charge in [-0.3, -0.25) is 9.59 Å². The smallest absolute Gasteiger partial charge is 0.237 e. The fourth-order valence-electron chi connectivity index (χ4n) is 2.62. The number of amides is 2. The molecule has 0 aromatic rings. The molecule has 2 N–H and O–H groups in total. The number of nitrogens with one attached hydrogen (secondary N) is 2. The molecule has 2 amide bonds. The molecule has 2 rings (SSSR count). The Morgan fingerprint density at radius 1 is 1.39 bits per heavy atom. The zero-order valence-corrected chi connectivity index (χ0v) is 10.9. The molecule has 2 aliphatic rings. The number of rotatable bonds is 5. The minimum atomic E-state index is -0.00725. The average Bonchev–Trinajstić information content (AvgIpc) is 2.81. The van der Waals surface area contributed by atoms with Crippen molar-refractivity contribution in [3.63, 3.8) is 0 Å². The topological polar surface area (TPSA) is 61.4 Å². The van der Waals surface area contributed by atoms with Crippen molar-refractivity contribution in [1.29, 1.82) is 0 Å². The van der Waals surface area contributed by atoms with Gasteiger partial charge in [0, 0.05) is 26.1 Å². The second-order valence-electron chi connectivity index (χ2n) is 5.13. The van der Waals surface area contributed by atoms with E-state index in [1.54, 1.807) is 0 Å². The molecule has 1 unspecified atom stereocenters. The molecule has 0 bridgehead atoms. The number of piperidine rings is 1. The quantitative estimate of drug-likeness (QED) is 0.691. The third-order valence-corrected chi connectivity index (χ3v) is 3.70. The first-order valence-corrected chi connectivity index (χ1v) is 7.06. The van der Waals surface area contributed by atoms with Gasteiger partial charge in [-0.1, -0.05) is 6.42 Å². The van der Waals surface area contributed by atoms with Crippen molar-refractivity contribution in [2.75, 3.05) is 26.2 Å². The summed E-state index contributed by atoms with van der Waals surface area (Å²) in [6.07, 6.45) is 5.77. The number of hydrogen-bond donors (Lipinski definition) is 2. The van der Waals surface area contributed by atoms with Crippen molar-refractivity contribution in [2.24, 2.45) is 0 Å². The Morgan fingerprint density at radius 2 is 2.28 bits per heavy atom. The molecule has 2 aliphatic heterocycles. The summed E-state index contributed by atoms with van der Waals surface area (Å²) in [6, 6.07) is -0.00725. The summed E-state index contributed by atoms with van der Waals surface area (Å²) in [4.78, 5) is 25.1. The molecular formula is C13H23N3O2. The van der Waals surface area contributed by atoms with E-state index in [2.05, 4.69) is 10.6 Å². The van der Waals surface area contributed by atoms with E-state index in [1.165, 1.54) is 6.42 Å². The summed E-state index contributed by atoms with van der Waals surface area (Å²) in [6.45, 7) is 3.27. The van der Waals surface area contributed by atoms with Crippen LogP contribution in [-0.2, 0) is 9.59 Å². The van der Waals surface area contributed by atoms with Crippen LogP contribution in [0.2, 0.25) is 0 Å². The number of carbonyl (C=O) groups is 2. The van der Waals surface area contributed by atoms with E-state index < -0.39 is 0 Å². The summed E-state index contributed by atoms with van der Waals surface area (Å²) in [7, 11) is 0. The summed E-state index contributed by atoms with van der Waals surface area (Å²) in [5.41, 5.74) is 0. The predicted octanol–water partition coefficient (Wildman–Crippen LogP) is 0.257. The summed E-state index contributed by atoms with van der Waals surface area (Å²) in [5, 5.41) is 6.18. The first kappa shape index (κ1) is 13.3. The molecule has 102 valence electrons. The van der Waals surface area contributed by atoms with Crippen LogP contribution >= 0.6 is 0 Å². The third-order valence-electron chi connectivity index (χ3n) is 3.70. The molecule has 0 aromatic heterocycles. The molecule has 0 saturated carbocycles. The summed E-state index contributed by atoms with van der Waals surface area (Å²) in [5.74, 6) is 0.373. The standard InChI is InChI=1S/C13H23N3O2/c17-12-6-3-9-16(12)10-4-8-15-13(18)11-5-1-2-7-14-11/h11,14H,1-10H2,(H,15,18). The van der Waals surface area contributed by atoms with Crippen molar-refractivity contribution in [2.45, 2.75) is 44.6 Å². The van der Waals surface area contributed by atoms with E-state index in [9.17, 15) is 9.59 Å². The Labute approximate surface area is 108 Å². The van der Waals surface area contributed by atoms with Crippen LogP contribution < -0.4 is 10.6 Å². The second-order valence-corrected chi connectivity index (χ2v) is 5.13. The van der Waals surface area contributed by atoms with E-state index in [0.29, 0.717) is 13.0 Å². The fraction of sp³-hybridized carbons (Fsp3) is 0.846. The molecule has 2 heterocycles. The Bertz CT molecular complexity index is 301. The van der Waals surface area contributed by atoms with Crippen LogP contribution in [0.1, 0.15) is 38.5 Å². The van der Waals surface area contributed by atoms with Crippen molar-refractivity contribution in [1.82, 2.24) is 15.5 Å². The highest BCUT2D eigenvalue weighted by Gasteiger charge is 2.21. The molecule has 2 saturated heterocycles. The highest BCUT2D eigenvalue weighted by Crippen LogP contribution is 2.09. The van der Waals surface area contributed by atoms with Crippen LogP contribution in [0.25, 0.3) is 0 Å². The third kappa shape index (κ3) is 3.70. The lowest BCUT2D eigenvalue weighted by atomic mass is 10.0. The van der Waals surface area contributed by atoms with E-state index >= 15 is 0 Å². The monoisotopic (exact) mass is 253 g/mol. The van der Waals surface area contributed by atoms with E-state index in [1.807, 2.05) is 4.90 Å². The van der Waals surface area contributed by atoms with Gasteiger partial charge in [0.05, 0.1) is 6.04 Å². The largest absolute Gasteiger partial charge is 0.355 e. The van der Waals surface area contributed by atoms with Crippen molar-refractivity contribution >= 4 is 11.8 Å². The molecule has 18 heavy (non-hydrogen) atoms. The van der Waals surface area contributed by atoms with Gasteiger partial charge in [-0.05, 0) is 32.2 Å². The molecular weight excluding hydrogens is 230 g/mol. The number of carbonyl (C=O) groups excluding carboxylic acids is 2. The van der Waals surface area contributed by atoms with Crippen LogP contribution in [0.4, 0.5) is 0 Å². The summed E-state index contributed by atoms with van der Waals surface area (Å²) >= 11 is 0. The number of hydrogen-bond acceptors (Lipinski definition) is 3. The molecule has 0 aliphatic carbocycles. The lowest BCUT2D eigenvalue weighted by Gasteiger charge is -2.22. The highest BCUT2D eigenvalue weighted by atomic mass is 16.2. The van der Waals surface area contributed by atoms with Gasteiger partial charge in [0.1, 0.15) is 0 Å².